The van der Waals surface area contributed by atoms with Crippen molar-refractivity contribution in [1.82, 2.24) is 9.38 Å². The lowest BCUT2D eigenvalue weighted by Crippen LogP contribution is -2.39. The van der Waals surface area contributed by atoms with Crippen LogP contribution in [0.2, 0.25) is 0 Å². The Morgan fingerprint density at radius 3 is 2.08 bits per heavy atom. The zero-order chi connectivity index (χ0) is 38.9. The molecule has 16 heteroatoms. The van der Waals surface area contributed by atoms with Gasteiger partial charge in [0.25, 0.3) is 0 Å². The predicted octanol–water partition coefficient (Wildman–Crippen LogP) is 10.7. The Morgan fingerprint density at radius 1 is 0.902 bits per heavy atom. The van der Waals surface area contributed by atoms with Gasteiger partial charge in [0.05, 0.1) is 42.9 Å². The Morgan fingerprint density at radius 2 is 1.55 bits per heavy atom. The van der Waals surface area contributed by atoms with Gasteiger partial charge in [-0.05, 0) is 57.5 Å². The molecule has 4 rings (SSSR count). The fourth-order valence-electron chi connectivity index (χ4n) is 4.43. The van der Waals surface area contributed by atoms with Gasteiger partial charge in [-0.1, -0.05) is 33.8 Å². The van der Waals surface area contributed by atoms with Crippen molar-refractivity contribution in [2.24, 2.45) is 0 Å². The summed E-state index contributed by atoms with van der Waals surface area (Å²) in [5, 5.41) is 0. The van der Waals surface area contributed by atoms with Crippen molar-refractivity contribution >= 4 is 23.4 Å². The summed E-state index contributed by atoms with van der Waals surface area (Å²) in [4.78, 5) is 30.5. The average Bonchev–Trinajstić information content (AvgIpc) is 3.46. The average molecular weight is 732 g/mol. The summed E-state index contributed by atoms with van der Waals surface area (Å²) in [6.07, 6.45) is -9.67. The number of anilines is 1. The molecule has 0 N–H and O–H groups in total. The van der Waals surface area contributed by atoms with Crippen molar-refractivity contribution in [2.75, 3.05) is 18.6 Å². The number of hydrogen-bond donors (Lipinski definition) is 0. The monoisotopic (exact) mass is 731 g/mol. The minimum absolute atomic E-state index is 0.00446. The number of ether oxygens (including phenoxy) is 4. The SMILES string of the molecule is CC.CC.COC(=O)c1ccc(-c2cnc3c(N(CCC(F)(F)F)C(=O)OC(C)(C)C)cc(Oc4ccc(OC(F)(F)F)c(F)c4)cn23)cc1C. The highest BCUT2D eigenvalue weighted by atomic mass is 19.4. The predicted molar refractivity (Wildman–Crippen MR) is 177 cm³/mol. The molecule has 4 aromatic rings. The molecule has 9 nitrogen and oxygen atoms in total. The molecule has 51 heavy (non-hydrogen) atoms. The third-order valence-corrected chi connectivity index (χ3v) is 6.38. The van der Waals surface area contributed by atoms with Crippen LogP contribution in [0.25, 0.3) is 16.9 Å². The highest BCUT2D eigenvalue weighted by molar-refractivity contribution is 5.94. The number of nitrogens with zero attached hydrogens (tertiary/aromatic N) is 3. The van der Waals surface area contributed by atoms with Gasteiger partial charge in [-0.15, -0.1) is 13.2 Å². The van der Waals surface area contributed by atoms with Crippen molar-refractivity contribution in [3.63, 3.8) is 0 Å². The quantitative estimate of drug-likeness (QED) is 0.132. The Bertz CT molecular complexity index is 1800. The number of halogens is 7. The zero-order valence-corrected chi connectivity index (χ0v) is 29.5. The van der Waals surface area contributed by atoms with Gasteiger partial charge in [0.2, 0.25) is 0 Å². The molecule has 0 spiro atoms. The van der Waals surface area contributed by atoms with Crippen LogP contribution in [0, 0.1) is 12.7 Å². The number of pyridine rings is 1. The molecular weight excluding hydrogens is 691 g/mol. The van der Waals surface area contributed by atoms with Crippen LogP contribution in [0.15, 0.2) is 54.9 Å². The Labute approximate surface area is 290 Å². The lowest BCUT2D eigenvalue weighted by molar-refractivity contribution is -0.275. The van der Waals surface area contributed by atoms with Gasteiger partial charge in [-0.25, -0.2) is 19.0 Å². The second kappa shape index (κ2) is 17.3. The zero-order valence-electron chi connectivity index (χ0n) is 29.5. The molecule has 0 saturated heterocycles. The number of methoxy groups -OCH3 is 1. The number of aromatic nitrogens is 2. The molecule has 0 unspecified atom stereocenters. The van der Waals surface area contributed by atoms with Gasteiger partial charge < -0.3 is 18.9 Å². The molecule has 2 heterocycles. The number of hydrogen-bond acceptors (Lipinski definition) is 7. The summed E-state index contributed by atoms with van der Waals surface area (Å²) >= 11 is 0. The number of rotatable bonds is 8. The number of imidazole rings is 1. The van der Waals surface area contributed by atoms with E-state index in [-0.39, 0.29) is 28.4 Å². The number of aryl methyl sites for hydroxylation is 1. The maximum absolute atomic E-state index is 14.5. The number of esters is 1. The lowest BCUT2D eigenvalue weighted by atomic mass is 10.0. The van der Waals surface area contributed by atoms with Gasteiger partial charge in [0.15, 0.2) is 17.2 Å². The van der Waals surface area contributed by atoms with Crippen molar-refractivity contribution in [1.29, 1.82) is 0 Å². The van der Waals surface area contributed by atoms with Crippen molar-refractivity contribution in [3.8, 4) is 28.5 Å². The van der Waals surface area contributed by atoms with Crippen LogP contribution in [0.5, 0.6) is 17.2 Å². The summed E-state index contributed by atoms with van der Waals surface area (Å²) in [5.41, 5.74) is 0.334. The Hall–Kier alpha value is -5.02. The van der Waals surface area contributed by atoms with E-state index >= 15 is 0 Å². The maximum Gasteiger partial charge on any atom is 0.573 e. The van der Waals surface area contributed by atoms with Crippen LogP contribution in [0.1, 0.15) is 70.8 Å². The van der Waals surface area contributed by atoms with Crippen LogP contribution in [0.4, 0.5) is 41.2 Å². The van der Waals surface area contributed by atoms with E-state index in [1.807, 2.05) is 27.7 Å². The maximum atomic E-state index is 14.5. The number of fused-ring (bicyclic) bond motifs is 1. The van der Waals surface area contributed by atoms with Crippen LogP contribution < -0.4 is 14.4 Å². The van der Waals surface area contributed by atoms with Gasteiger partial charge >= 0.3 is 24.6 Å². The molecule has 0 fully saturated rings. The van der Waals surface area contributed by atoms with E-state index in [1.54, 1.807) is 19.1 Å². The number of benzene rings is 2. The lowest BCUT2D eigenvalue weighted by Gasteiger charge is -2.28. The summed E-state index contributed by atoms with van der Waals surface area (Å²) in [6, 6.07) is 8.14. The van der Waals surface area contributed by atoms with E-state index < -0.39 is 54.7 Å². The fraction of sp³-hybridized carbons (Fsp3) is 0.400. The molecule has 0 bridgehead atoms. The molecule has 2 aromatic carbocycles. The van der Waals surface area contributed by atoms with Crippen molar-refractivity contribution in [3.05, 3.63) is 71.8 Å². The van der Waals surface area contributed by atoms with Crippen LogP contribution in [-0.2, 0) is 9.47 Å². The Balaban J connectivity index is 0.00000217. The van der Waals surface area contributed by atoms with Gasteiger partial charge in [-0.3, -0.25) is 9.30 Å². The summed E-state index contributed by atoms with van der Waals surface area (Å²) < 4.78 is 113. The van der Waals surface area contributed by atoms with Gasteiger partial charge in [0, 0.05) is 24.2 Å². The number of alkyl halides is 6. The first kappa shape index (κ1) is 42.1. The minimum Gasteiger partial charge on any atom is -0.465 e. The van der Waals surface area contributed by atoms with E-state index in [1.165, 1.54) is 50.7 Å². The molecule has 0 aliphatic rings. The molecule has 0 aliphatic heterocycles. The van der Waals surface area contributed by atoms with Crippen LogP contribution >= 0.6 is 0 Å². The normalized spacial score (nSPS) is 11.5. The van der Waals surface area contributed by atoms with E-state index in [0.717, 1.165) is 17.0 Å². The van der Waals surface area contributed by atoms with Gasteiger partial charge in [0.1, 0.15) is 17.1 Å². The molecule has 2 aromatic heterocycles. The molecule has 0 radical (unpaired) electrons. The topological polar surface area (TPSA) is 91.6 Å². The van der Waals surface area contributed by atoms with Crippen molar-refractivity contribution in [2.45, 2.75) is 80.0 Å². The van der Waals surface area contributed by atoms with E-state index in [0.29, 0.717) is 29.0 Å². The highest BCUT2D eigenvalue weighted by Crippen LogP contribution is 2.36. The molecule has 0 atom stereocenters. The smallest absolute Gasteiger partial charge is 0.465 e. The second-order valence-electron chi connectivity index (χ2n) is 11.2. The molecule has 1 amide bonds. The first-order valence-electron chi connectivity index (χ1n) is 15.8. The molecule has 280 valence electrons. The number of carbonyl (C=O) groups is 2. The summed E-state index contributed by atoms with van der Waals surface area (Å²) in [6.45, 7) is 13.3. The standard InChI is InChI=1S/C31H28F7N3O6.2C2H6/c1-17-12-18(6-8-21(17)27(42)44-5)24-15-39-26-23(40(11-10-30(33,34)35)28(43)47-29(2,3)4)14-20(16-41(24)26)45-19-7-9-25(22(32)13-19)46-31(36,37)38;2*1-2/h6-9,12-16H,10-11H2,1-5H3;2*1-2H3. The first-order valence-corrected chi connectivity index (χ1v) is 15.8. The fourth-order valence-corrected chi connectivity index (χ4v) is 4.43. The molecular formula is C35H40F7N3O6. The largest absolute Gasteiger partial charge is 0.573 e. The number of carbonyl (C=O) groups excluding carboxylic acids is 2. The third-order valence-electron chi connectivity index (χ3n) is 6.38. The third kappa shape index (κ3) is 11.8. The van der Waals surface area contributed by atoms with E-state index in [9.17, 15) is 40.3 Å². The minimum atomic E-state index is -5.16. The van der Waals surface area contributed by atoms with Crippen LogP contribution in [0.3, 0.4) is 0 Å². The summed E-state index contributed by atoms with van der Waals surface area (Å²) in [7, 11) is 1.22. The number of amides is 1. The summed E-state index contributed by atoms with van der Waals surface area (Å²) in [5.74, 6) is -3.58. The van der Waals surface area contributed by atoms with E-state index in [2.05, 4.69) is 9.72 Å². The first-order chi connectivity index (χ1) is 23.7. The van der Waals surface area contributed by atoms with E-state index in [4.69, 9.17) is 14.2 Å². The van der Waals surface area contributed by atoms with Gasteiger partial charge in [-0.2, -0.15) is 13.2 Å². The molecule has 0 saturated carbocycles. The molecule has 0 aliphatic carbocycles. The Kier molecular flexibility index (Phi) is 14.3. The van der Waals surface area contributed by atoms with Crippen LogP contribution in [-0.4, -0.2) is 53.2 Å². The second-order valence-corrected chi connectivity index (χ2v) is 11.2. The van der Waals surface area contributed by atoms with Crippen molar-refractivity contribution < 1.29 is 59.3 Å². The highest BCUT2D eigenvalue weighted by Gasteiger charge is 2.34.